The Kier molecular flexibility index (Phi) is 6.08. The summed E-state index contributed by atoms with van der Waals surface area (Å²) in [6.45, 7) is 1.52. The monoisotopic (exact) mass is 413 g/mol. The second-order valence-electron chi connectivity index (χ2n) is 4.51. The van der Waals surface area contributed by atoms with Crippen molar-refractivity contribution < 1.29 is 9.47 Å². The first-order valence-corrected chi connectivity index (χ1v) is 8.08. The highest BCUT2D eigenvalue weighted by Gasteiger charge is 2.08. The lowest BCUT2D eigenvalue weighted by atomic mass is 10.2. The maximum Gasteiger partial charge on any atom is 0.147 e. The zero-order valence-corrected chi connectivity index (χ0v) is 15.1. The normalized spacial score (nSPS) is 10.5. The number of nitrogens with one attached hydrogen (secondary N) is 1. The van der Waals surface area contributed by atoms with Crippen LogP contribution in [0, 0.1) is 0 Å². The van der Waals surface area contributed by atoms with Gasteiger partial charge in [-0.15, -0.1) is 0 Å². The molecule has 0 saturated heterocycles. The van der Waals surface area contributed by atoms with Crippen LogP contribution in [-0.2, 0) is 13.1 Å². The molecule has 0 aromatic heterocycles. The summed E-state index contributed by atoms with van der Waals surface area (Å²) in [4.78, 5) is 0. The molecule has 5 heteroatoms. The van der Waals surface area contributed by atoms with E-state index in [1.807, 2.05) is 18.2 Å². The fraction of sp³-hybridized carbons (Fsp3) is 0.250. The first-order chi connectivity index (χ1) is 10.2. The Labute approximate surface area is 141 Å². The average molecular weight is 415 g/mol. The van der Waals surface area contributed by atoms with Gasteiger partial charge in [0.1, 0.15) is 11.5 Å². The van der Waals surface area contributed by atoms with E-state index < -0.39 is 0 Å². The molecular weight excluding hydrogens is 398 g/mol. The molecule has 0 heterocycles. The van der Waals surface area contributed by atoms with E-state index in [2.05, 4.69) is 55.4 Å². The molecule has 2 aromatic carbocycles. The summed E-state index contributed by atoms with van der Waals surface area (Å²) in [5.41, 5.74) is 2.32. The Morgan fingerprint density at radius 2 is 1.62 bits per heavy atom. The van der Waals surface area contributed by atoms with Gasteiger partial charge in [-0.05, 0) is 55.6 Å². The first kappa shape index (κ1) is 16.3. The van der Waals surface area contributed by atoms with Crippen LogP contribution in [0.1, 0.15) is 11.1 Å². The second-order valence-corrected chi connectivity index (χ2v) is 6.22. The van der Waals surface area contributed by atoms with Gasteiger partial charge in [0.25, 0.3) is 0 Å². The molecule has 112 valence electrons. The van der Waals surface area contributed by atoms with E-state index in [0.717, 1.165) is 39.1 Å². The van der Waals surface area contributed by atoms with Crippen LogP contribution < -0.4 is 14.8 Å². The lowest BCUT2D eigenvalue weighted by molar-refractivity contribution is 0.407. The Morgan fingerprint density at radius 3 is 2.24 bits per heavy atom. The maximum atomic E-state index is 5.35. The molecule has 0 radical (unpaired) electrons. The second kappa shape index (κ2) is 7.82. The standard InChI is InChI=1S/C16H17Br2NO2/c1-20-15-6-4-3-5-12(15)10-19-9-11-7-13(17)16(21-2)14(18)8-11/h3-8,19H,9-10H2,1-2H3. The minimum absolute atomic E-state index is 0.755. The Bertz CT molecular complexity index is 594. The van der Waals surface area contributed by atoms with Gasteiger partial charge in [-0.3, -0.25) is 0 Å². The number of hydrogen-bond donors (Lipinski definition) is 1. The largest absolute Gasteiger partial charge is 0.496 e. The van der Waals surface area contributed by atoms with Crippen LogP contribution in [0.2, 0.25) is 0 Å². The summed E-state index contributed by atoms with van der Waals surface area (Å²) < 4.78 is 12.5. The van der Waals surface area contributed by atoms with Crippen molar-refractivity contribution >= 4 is 31.9 Å². The molecule has 2 rings (SSSR count). The van der Waals surface area contributed by atoms with E-state index in [1.54, 1.807) is 14.2 Å². The van der Waals surface area contributed by atoms with Crippen LogP contribution in [0.4, 0.5) is 0 Å². The summed E-state index contributed by atoms with van der Waals surface area (Å²) in [5.74, 6) is 1.71. The van der Waals surface area contributed by atoms with Crippen molar-refractivity contribution in [2.24, 2.45) is 0 Å². The number of hydrogen-bond acceptors (Lipinski definition) is 3. The van der Waals surface area contributed by atoms with Crippen molar-refractivity contribution in [1.82, 2.24) is 5.32 Å². The summed E-state index contributed by atoms with van der Waals surface area (Å²) in [6.07, 6.45) is 0. The lowest BCUT2D eigenvalue weighted by Gasteiger charge is -2.11. The molecule has 3 nitrogen and oxygen atoms in total. The van der Waals surface area contributed by atoms with E-state index in [1.165, 1.54) is 5.56 Å². The van der Waals surface area contributed by atoms with Gasteiger partial charge in [-0.1, -0.05) is 18.2 Å². The Hall–Kier alpha value is -1.04. The molecule has 0 aliphatic carbocycles. The molecule has 21 heavy (non-hydrogen) atoms. The van der Waals surface area contributed by atoms with Crippen LogP contribution in [0.5, 0.6) is 11.5 Å². The van der Waals surface area contributed by atoms with Gasteiger partial charge >= 0.3 is 0 Å². The van der Waals surface area contributed by atoms with Crippen molar-refractivity contribution in [3.63, 3.8) is 0 Å². The van der Waals surface area contributed by atoms with Crippen molar-refractivity contribution in [3.05, 3.63) is 56.5 Å². The van der Waals surface area contributed by atoms with E-state index in [4.69, 9.17) is 9.47 Å². The van der Waals surface area contributed by atoms with E-state index in [0.29, 0.717) is 0 Å². The van der Waals surface area contributed by atoms with E-state index in [9.17, 15) is 0 Å². The minimum atomic E-state index is 0.755. The first-order valence-electron chi connectivity index (χ1n) is 6.50. The molecule has 0 fully saturated rings. The SMILES string of the molecule is COc1ccccc1CNCc1cc(Br)c(OC)c(Br)c1. The molecule has 0 aliphatic heterocycles. The van der Waals surface area contributed by atoms with Crippen LogP contribution in [0.15, 0.2) is 45.3 Å². The number of ether oxygens (including phenoxy) is 2. The highest BCUT2D eigenvalue weighted by molar-refractivity contribution is 9.11. The third-order valence-electron chi connectivity index (χ3n) is 3.10. The number of methoxy groups -OCH3 is 2. The minimum Gasteiger partial charge on any atom is -0.496 e. The van der Waals surface area contributed by atoms with E-state index in [-0.39, 0.29) is 0 Å². The van der Waals surface area contributed by atoms with Gasteiger partial charge in [0.05, 0.1) is 23.2 Å². The van der Waals surface area contributed by atoms with E-state index >= 15 is 0 Å². The van der Waals surface area contributed by atoms with Gasteiger partial charge < -0.3 is 14.8 Å². The molecule has 0 amide bonds. The van der Waals surface area contributed by atoms with Gasteiger partial charge in [-0.25, -0.2) is 0 Å². The summed E-state index contributed by atoms with van der Waals surface area (Å²) in [6, 6.07) is 12.1. The fourth-order valence-electron chi connectivity index (χ4n) is 2.10. The quantitative estimate of drug-likeness (QED) is 0.753. The van der Waals surface area contributed by atoms with Crippen LogP contribution >= 0.6 is 31.9 Å². The highest BCUT2D eigenvalue weighted by atomic mass is 79.9. The molecule has 1 N–H and O–H groups in total. The smallest absolute Gasteiger partial charge is 0.147 e. The Morgan fingerprint density at radius 1 is 0.952 bits per heavy atom. The van der Waals surface area contributed by atoms with Crippen LogP contribution in [0.25, 0.3) is 0 Å². The van der Waals surface area contributed by atoms with Gasteiger partial charge in [0.15, 0.2) is 0 Å². The zero-order valence-electron chi connectivity index (χ0n) is 12.0. The molecule has 0 spiro atoms. The molecule has 0 atom stereocenters. The lowest BCUT2D eigenvalue weighted by Crippen LogP contribution is -2.13. The topological polar surface area (TPSA) is 30.5 Å². The van der Waals surface area contributed by atoms with Gasteiger partial charge in [-0.2, -0.15) is 0 Å². The molecule has 0 aliphatic rings. The molecular formula is C16H17Br2NO2. The van der Waals surface area contributed by atoms with Gasteiger partial charge in [0.2, 0.25) is 0 Å². The number of rotatable bonds is 6. The highest BCUT2D eigenvalue weighted by Crippen LogP contribution is 2.34. The van der Waals surface area contributed by atoms with Crippen molar-refractivity contribution in [2.45, 2.75) is 13.1 Å². The van der Waals surface area contributed by atoms with Crippen molar-refractivity contribution in [2.75, 3.05) is 14.2 Å². The number of halogens is 2. The van der Waals surface area contributed by atoms with Crippen LogP contribution in [-0.4, -0.2) is 14.2 Å². The Balaban J connectivity index is 2.01. The predicted octanol–water partition coefficient (Wildman–Crippen LogP) is 4.52. The maximum absolute atomic E-state index is 5.35. The zero-order chi connectivity index (χ0) is 15.2. The predicted molar refractivity (Wildman–Crippen MR) is 91.9 cm³/mol. The van der Waals surface area contributed by atoms with Crippen molar-refractivity contribution in [1.29, 1.82) is 0 Å². The van der Waals surface area contributed by atoms with Crippen LogP contribution in [0.3, 0.4) is 0 Å². The average Bonchev–Trinajstić information content (AvgIpc) is 2.47. The van der Waals surface area contributed by atoms with Gasteiger partial charge in [0, 0.05) is 18.7 Å². The third-order valence-corrected chi connectivity index (χ3v) is 4.28. The number of para-hydroxylation sites is 1. The summed E-state index contributed by atoms with van der Waals surface area (Å²) in [7, 11) is 3.35. The summed E-state index contributed by atoms with van der Waals surface area (Å²) in [5, 5.41) is 3.42. The molecule has 0 unspecified atom stereocenters. The number of benzene rings is 2. The molecule has 0 bridgehead atoms. The third kappa shape index (κ3) is 4.22. The molecule has 2 aromatic rings. The molecule has 0 saturated carbocycles. The van der Waals surface area contributed by atoms with Crippen molar-refractivity contribution in [3.8, 4) is 11.5 Å². The summed E-state index contributed by atoms with van der Waals surface area (Å²) >= 11 is 7.03. The fourth-order valence-corrected chi connectivity index (χ4v) is 3.70.